The van der Waals surface area contributed by atoms with Gasteiger partial charge in [-0.25, -0.2) is 8.78 Å². The Morgan fingerprint density at radius 2 is 1.96 bits per heavy atom. The van der Waals surface area contributed by atoms with Crippen molar-refractivity contribution in [2.45, 2.75) is 50.5 Å². The first-order valence-corrected chi connectivity index (χ1v) is 8.15. The molecule has 4 unspecified atom stereocenters. The van der Waals surface area contributed by atoms with Crippen molar-refractivity contribution in [3.63, 3.8) is 0 Å². The van der Waals surface area contributed by atoms with E-state index >= 15 is 0 Å². The van der Waals surface area contributed by atoms with Crippen LogP contribution in [0.4, 0.5) is 8.78 Å². The van der Waals surface area contributed by atoms with Gasteiger partial charge in [0.15, 0.2) is 0 Å². The summed E-state index contributed by atoms with van der Waals surface area (Å²) in [4.78, 5) is 13.0. The van der Waals surface area contributed by atoms with Crippen LogP contribution in [-0.4, -0.2) is 64.8 Å². The van der Waals surface area contributed by atoms with E-state index < -0.39 is 30.7 Å². The van der Waals surface area contributed by atoms with E-state index in [9.17, 15) is 23.8 Å². The zero-order chi connectivity index (χ0) is 17.7. The molecule has 1 aliphatic rings. The summed E-state index contributed by atoms with van der Waals surface area (Å²) in [6, 6.07) is 7.23. The number of carbonyl (C=O) groups excluding carboxylic acids is 1. The second kappa shape index (κ2) is 8.50. The van der Waals surface area contributed by atoms with Gasteiger partial charge in [-0.2, -0.15) is 0 Å². The molecule has 0 aliphatic carbocycles. The van der Waals surface area contributed by atoms with Crippen LogP contribution >= 0.6 is 0 Å². The zero-order valence-electron chi connectivity index (χ0n) is 13.6. The lowest BCUT2D eigenvalue weighted by molar-refractivity contribution is -0.141. The minimum atomic E-state index is -2.78. The highest BCUT2D eigenvalue weighted by molar-refractivity contribution is 5.76. The van der Waals surface area contributed by atoms with Gasteiger partial charge in [-0.15, -0.1) is 0 Å². The number of hydrogen-bond acceptors (Lipinski definition) is 4. The van der Waals surface area contributed by atoms with E-state index in [1.165, 1.54) is 4.90 Å². The first kappa shape index (κ1) is 18.8. The minimum Gasteiger partial charge on any atom is -0.388 e. The number of alkyl halides is 2. The smallest absolute Gasteiger partial charge is 0.256 e. The molecule has 1 amide bonds. The standard InChI is InChI=1S/C17H24F2N2O3/c1-2-13(22)20-12-10-21(9-8-11-6-4-3-5-7-11)14(17(18)19)16(24)15(12)23/h3-7,12,14-17,23-24H,2,8-10H2,1H3,(H,20,22). The molecule has 0 aromatic heterocycles. The number of hydrogen-bond donors (Lipinski definition) is 3. The van der Waals surface area contributed by atoms with E-state index in [4.69, 9.17) is 0 Å². The lowest BCUT2D eigenvalue weighted by Gasteiger charge is -2.45. The van der Waals surface area contributed by atoms with Crippen molar-refractivity contribution in [3.8, 4) is 0 Å². The molecule has 24 heavy (non-hydrogen) atoms. The molecule has 1 aromatic carbocycles. The molecule has 1 fully saturated rings. The van der Waals surface area contributed by atoms with E-state index in [1.54, 1.807) is 6.92 Å². The number of halogens is 2. The molecule has 0 spiro atoms. The van der Waals surface area contributed by atoms with Crippen molar-refractivity contribution in [1.82, 2.24) is 10.2 Å². The van der Waals surface area contributed by atoms with Crippen LogP contribution in [0.2, 0.25) is 0 Å². The summed E-state index contributed by atoms with van der Waals surface area (Å²) in [6.07, 6.45) is -5.04. The first-order chi connectivity index (χ1) is 11.4. The quantitative estimate of drug-likeness (QED) is 0.715. The van der Waals surface area contributed by atoms with Crippen molar-refractivity contribution in [1.29, 1.82) is 0 Å². The summed E-state index contributed by atoms with van der Waals surface area (Å²) >= 11 is 0. The number of aliphatic hydroxyl groups excluding tert-OH is 2. The molecule has 0 saturated carbocycles. The topological polar surface area (TPSA) is 72.8 Å². The van der Waals surface area contributed by atoms with Crippen LogP contribution < -0.4 is 5.32 Å². The van der Waals surface area contributed by atoms with Gasteiger partial charge < -0.3 is 15.5 Å². The molecule has 7 heteroatoms. The summed E-state index contributed by atoms with van der Waals surface area (Å²) in [7, 11) is 0. The van der Waals surface area contributed by atoms with Gasteiger partial charge in [-0.1, -0.05) is 37.3 Å². The highest BCUT2D eigenvalue weighted by Crippen LogP contribution is 2.24. The van der Waals surface area contributed by atoms with E-state index in [0.29, 0.717) is 13.0 Å². The Morgan fingerprint density at radius 1 is 1.29 bits per heavy atom. The number of nitrogens with zero attached hydrogens (tertiary/aromatic N) is 1. The van der Waals surface area contributed by atoms with Crippen LogP contribution in [-0.2, 0) is 11.2 Å². The maximum absolute atomic E-state index is 13.4. The number of aliphatic hydroxyl groups is 2. The van der Waals surface area contributed by atoms with Crippen LogP contribution in [0.25, 0.3) is 0 Å². The molecule has 1 aliphatic heterocycles. The van der Waals surface area contributed by atoms with E-state index in [1.807, 2.05) is 30.3 Å². The van der Waals surface area contributed by atoms with Gasteiger partial charge in [0.2, 0.25) is 5.91 Å². The lowest BCUT2D eigenvalue weighted by atomic mass is 9.91. The van der Waals surface area contributed by atoms with Gasteiger partial charge in [0.05, 0.1) is 12.1 Å². The summed E-state index contributed by atoms with van der Waals surface area (Å²) < 4.78 is 26.8. The number of piperidine rings is 1. The fraction of sp³-hybridized carbons (Fsp3) is 0.588. The van der Waals surface area contributed by atoms with Gasteiger partial charge in [0, 0.05) is 19.5 Å². The zero-order valence-corrected chi connectivity index (χ0v) is 13.6. The third-order valence-electron chi connectivity index (χ3n) is 4.42. The summed E-state index contributed by atoms with van der Waals surface area (Å²) in [5, 5.41) is 22.8. The average molecular weight is 342 g/mol. The maximum Gasteiger partial charge on any atom is 0.256 e. The summed E-state index contributed by atoms with van der Waals surface area (Å²) in [5.74, 6) is -0.287. The Morgan fingerprint density at radius 3 is 2.54 bits per heavy atom. The Hall–Kier alpha value is -1.57. The SMILES string of the molecule is CCC(=O)NC1CN(CCc2ccccc2)C(C(F)F)C(O)C1O. The largest absolute Gasteiger partial charge is 0.388 e. The third kappa shape index (κ3) is 4.49. The van der Waals surface area contributed by atoms with Gasteiger partial charge in [0.1, 0.15) is 12.2 Å². The molecule has 3 N–H and O–H groups in total. The molecule has 4 atom stereocenters. The number of benzene rings is 1. The Labute approximate surface area is 140 Å². The Bertz CT molecular complexity index is 530. The van der Waals surface area contributed by atoms with Gasteiger partial charge in [0.25, 0.3) is 6.43 Å². The highest BCUT2D eigenvalue weighted by Gasteiger charge is 2.46. The molecule has 0 bridgehead atoms. The monoisotopic (exact) mass is 342 g/mol. The lowest BCUT2D eigenvalue weighted by Crippen LogP contribution is -2.67. The average Bonchev–Trinajstić information content (AvgIpc) is 2.57. The minimum absolute atomic E-state index is 0.0752. The normalized spacial score (nSPS) is 28.1. The molecule has 1 saturated heterocycles. The molecule has 134 valence electrons. The second-order valence-corrected chi connectivity index (χ2v) is 6.06. The van der Waals surface area contributed by atoms with Gasteiger partial charge in [-0.3, -0.25) is 9.69 Å². The number of carbonyl (C=O) groups is 1. The van der Waals surface area contributed by atoms with Crippen LogP contribution in [0, 0.1) is 0 Å². The molecule has 0 radical (unpaired) electrons. The Balaban J connectivity index is 2.09. The molecule has 1 heterocycles. The van der Waals surface area contributed by atoms with Crippen molar-refractivity contribution in [2.75, 3.05) is 13.1 Å². The van der Waals surface area contributed by atoms with Crippen molar-refractivity contribution in [3.05, 3.63) is 35.9 Å². The maximum atomic E-state index is 13.4. The van der Waals surface area contributed by atoms with Crippen LogP contribution in [0.15, 0.2) is 30.3 Å². The number of nitrogens with one attached hydrogen (secondary N) is 1. The molecule has 5 nitrogen and oxygen atoms in total. The molecular weight excluding hydrogens is 318 g/mol. The molecule has 2 rings (SSSR count). The fourth-order valence-electron chi connectivity index (χ4n) is 3.04. The summed E-state index contributed by atoms with van der Waals surface area (Å²) in [6.45, 7) is 2.04. The number of rotatable bonds is 6. The molecular formula is C17H24F2N2O3. The van der Waals surface area contributed by atoms with Crippen LogP contribution in [0.1, 0.15) is 18.9 Å². The van der Waals surface area contributed by atoms with Crippen LogP contribution in [0.3, 0.4) is 0 Å². The first-order valence-electron chi connectivity index (χ1n) is 8.15. The van der Waals surface area contributed by atoms with Gasteiger partial charge in [-0.05, 0) is 12.0 Å². The predicted molar refractivity (Wildman–Crippen MR) is 85.7 cm³/mol. The van der Waals surface area contributed by atoms with E-state index in [-0.39, 0.29) is 18.9 Å². The fourth-order valence-corrected chi connectivity index (χ4v) is 3.04. The second-order valence-electron chi connectivity index (χ2n) is 6.06. The highest BCUT2D eigenvalue weighted by atomic mass is 19.3. The van der Waals surface area contributed by atoms with E-state index in [2.05, 4.69) is 5.32 Å². The van der Waals surface area contributed by atoms with E-state index in [0.717, 1.165) is 5.56 Å². The third-order valence-corrected chi connectivity index (χ3v) is 4.42. The number of amides is 1. The van der Waals surface area contributed by atoms with Gasteiger partial charge >= 0.3 is 0 Å². The van der Waals surface area contributed by atoms with Crippen molar-refractivity contribution < 1.29 is 23.8 Å². The molecule has 1 aromatic rings. The van der Waals surface area contributed by atoms with Crippen molar-refractivity contribution in [2.24, 2.45) is 0 Å². The van der Waals surface area contributed by atoms with Crippen LogP contribution in [0.5, 0.6) is 0 Å². The Kier molecular flexibility index (Phi) is 6.65. The summed E-state index contributed by atoms with van der Waals surface area (Å²) in [5.41, 5.74) is 1.00. The predicted octanol–water partition coefficient (Wildman–Crippen LogP) is 0.795. The van der Waals surface area contributed by atoms with Crippen molar-refractivity contribution >= 4 is 5.91 Å². The number of likely N-dealkylation sites (tertiary alicyclic amines) is 1.